The van der Waals surface area contributed by atoms with Gasteiger partial charge in [0.25, 0.3) is 11.8 Å². The number of anilines is 1. The van der Waals surface area contributed by atoms with E-state index in [4.69, 9.17) is 9.15 Å². The number of ether oxygens (including phenoxy) is 1. The molecular weight excluding hydrogens is 384 g/mol. The third-order valence-corrected chi connectivity index (χ3v) is 5.48. The minimum atomic E-state index is -0.868. The third kappa shape index (κ3) is 4.90. The number of esters is 1. The number of hydrogen-bond acceptors (Lipinski definition) is 5. The van der Waals surface area contributed by atoms with Gasteiger partial charge in [0.1, 0.15) is 0 Å². The van der Waals surface area contributed by atoms with Gasteiger partial charge in [-0.2, -0.15) is 0 Å². The monoisotopic (exact) mass is 412 g/mol. The highest BCUT2D eigenvalue weighted by Gasteiger charge is 2.30. The number of carbonyl (C=O) groups excluding carboxylic acids is 3. The zero-order valence-corrected chi connectivity index (χ0v) is 17.6. The Labute approximate surface area is 176 Å². The van der Waals surface area contributed by atoms with Gasteiger partial charge in [-0.1, -0.05) is 13.0 Å². The normalized spacial score (nSPS) is 17.3. The van der Waals surface area contributed by atoms with Gasteiger partial charge in [-0.25, -0.2) is 4.79 Å². The lowest BCUT2D eigenvalue weighted by molar-refractivity contribution is -0.143. The highest BCUT2D eigenvalue weighted by Crippen LogP contribution is 2.22. The summed E-state index contributed by atoms with van der Waals surface area (Å²) in [5, 5.41) is 2.73. The second-order valence-electron chi connectivity index (χ2n) is 7.60. The fourth-order valence-corrected chi connectivity index (χ4v) is 3.70. The van der Waals surface area contributed by atoms with Crippen LogP contribution in [0.2, 0.25) is 0 Å². The van der Waals surface area contributed by atoms with Gasteiger partial charge in [0, 0.05) is 18.3 Å². The average molecular weight is 412 g/mol. The van der Waals surface area contributed by atoms with Crippen LogP contribution < -0.4 is 5.32 Å². The van der Waals surface area contributed by atoms with Crippen LogP contribution in [0.1, 0.15) is 66.0 Å². The van der Waals surface area contributed by atoms with E-state index >= 15 is 0 Å². The van der Waals surface area contributed by atoms with Gasteiger partial charge in [0.15, 0.2) is 11.9 Å². The number of amides is 2. The molecule has 0 saturated carbocycles. The number of likely N-dealkylation sites (tertiary alicyclic amines) is 1. The first-order valence-electron chi connectivity index (χ1n) is 10.4. The predicted molar refractivity (Wildman–Crippen MR) is 112 cm³/mol. The summed E-state index contributed by atoms with van der Waals surface area (Å²) in [6.45, 7) is 6.19. The summed E-state index contributed by atoms with van der Waals surface area (Å²) < 4.78 is 10.5. The molecule has 2 heterocycles. The minimum Gasteiger partial charge on any atom is -0.459 e. The van der Waals surface area contributed by atoms with Gasteiger partial charge in [0.05, 0.1) is 11.8 Å². The molecule has 1 fully saturated rings. The number of carbonyl (C=O) groups is 3. The molecule has 2 atom stereocenters. The molecule has 7 nitrogen and oxygen atoms in total. The van der Waals surface area contributed by atoms with Crippen molar-refractivity contribution in [2.24, 2.45) is 0 Å². The molecule has 160 valence electrons. The summed E-state index contributed by atoms with van der Waals surface area (Å²) in [4.78, 5) is 39.5. The van der Waals surface area contributed by atoms with E-state index in [1.54, 1.807) is 37.3 Å². The van der Waals surface area contributed by atoms with Crippen LogP contribution in [-0.2, 0) is 9.53 Å². The fourth-order valence-electron chi connectivity index (χ4n) is 3.70. The number of piperidine rings is 1. The van der Waals surface area contributed by atoms with Gasteiger partial charge in [-0.3, -0.25) is 9.59 Å². The molecule has 2 amide bonds. The number of nitrogens with one attached hydrogen (secondary N) is 1. The third-order valence-electron chi connectivity index (χ3n) is 5.48. The van der Waals surface area contributed by atoms with Gasteiger partial charge in [0.2, 0.25) is 0 Å². The zero-order valence-electron chi connectivity index (χ0n) is 17.6. The Morgan fingerprint density at radius 3 is 2.77 bits per heavy atom. The fraction of sp³-hybridized carbons (Fsp3) is 0.435. The van der Waals surface area contributed by atoms with Crippen LogP contribution in [-0.4, -0.2) is 41.4 Å². The van der Waals surface area contributed by atoms with Crippen molar-refractivity contribution in [1.82, 2.24) is 4.90 Å². The predicted octanol–water partition coefficient (Wildman–Crippen LogP) is 4.18. The molecule has 2 aromatic rings. The van der Waals surface area contributed by atoms with E-state index in [2.05, 4.69) is 12.2 Å². The van der Waals surface area contributed by atoms with Crippen LogP contribution in [0.3, 0.4) is 0 Å². The van der Waals surface area contributed by atoms with Gasteiger partial charge in [-0.15, -0.1) is 0 Å². The van der Waals surface area contributed by atoms with Crippen molar-refractivity contribution >= 4 is 23.5 Å². The summed E-state index contributed by atoms with van der Waals surface area (Å²) in [6, 6.07) is 8.27. The second kappa shape index (κ2) is 9.61. The molecule has 1 aliphatic rings. The van der Waals surface area contributed by atoms with E-state index in [9.17, 15) is 14.4 Å². The Bertz CT molecular complexity index is 906. The molecule has 0 radical (unpaired) electrons. The van der Waals surface area contributed by atoms with E-state index in [0.717, 1.165) is 31.2 Å². The number of rotatable bonds is 6. The van der Waals surface area contributed by atoms with Crippen LogP contribution in [0.15, 0.2) is 41.0 Å². The van der Waals surface area contributed by atoms with Crippen LogP contribution in [0.4, 0.5) is 5.69 Å². The average Bonchev–Trinajstić information content (AvgIpc) is 3.29. The van der Waals surface area contributed by atoms with E-state index in [1.165, 1.54) is 6.26 Å². The molecule has 1 N–H and O–H groups in total. The summed E-state index contributed by atoms with van der Waals surface area (Å²) in [5.41, 5.74) is 1.53. The highest BCUT2D eigenvalue weighted by molar-refractivity contribution is 6.03. The van der Waals surface area contributed by atoms with Crippen LogP contribution in [0.5, 0.6) is 0 Å². The number of hydrogen-bond donors (Lipinski definition) is 1. The summed E-state index contributed by atoms with van der Waals surface area (Å²) in [7, 11) is 0. The number of nitrogens with zero attached hydrogens (tertiary/aromatic N) is 1. The lowest BCUT2D eigenvalue weighted by Crippen LogP contribution is -2.48. The molecule has 1 saturated heterocycles. The number of benzene rings is 1. The lowest BCUT2D eigenvalue weighted by Gasteiger charge is -2.36. The van der Waals surface area contributed by atoms with Crippen molar-refractivity contribution in [2.45, 2.75) is 58.6 Å². The molecule has 7 heteroatoms. The molecule has 0 bridgehead atoms. The van der Waals surface area contributed by atoms with Crippen LogP contribution in [0.25, 0.3) is 0 Å². The Morgan fingerprint density at radius 1 is 1.27 bits per heavy atom. The molecule has 0 spiro atoms. The Balaban J connectivity index is 1.67. The van der Waals surface area contributed by atoms with Crippen LogP contribution >= 0.6 is 0 Å². The maximum Gasteiger partial charge on any atom is 0.338 e. The van der Waals surface area contributed by atoms with E-state index in [-0.39, 0.29) is 23.3 Å². The van der Waals surface area contributed by atoms with E-state index in [1.807, 2.05) is 11.8 Å². The Morgan fingerprint density at radius 2 is 2.07 bits per heavy atom. The molecular formula is C23H28N2O5. The van der Waals surface area contributed by atoms with Crippen molar-refractivity contribution in [3.63, 3.8) is 0 Å². The standard InChI is InChI=1S/C23H28N2O5/c1-4-18-8-5-6-12-25(18)22(27)16(3)30-23(28)17-11-10-15(2)19(14-17)24-21(26)20-9-7-13-29-20/h7,9-11,13-14,16,18H,4-6,8,12H2,1-3H3,(H,24,26)/t16-,18+/m1/s1. The smallest absolute Gasteiger partial charge is 0.338 e. The molecule has 1 aromatic carbocycles. The largest absolute Gasteiger partial charge is 0.459 e. The van der Waals surface area contributed by atoms with Gasteiger partial charge >= 0.3 is 5.97 Å². The topological polar surface area (TPSA) is 88.9 Å². The quantitative estimate of drug-likeness (QED) is 0.719. The van der Waals surface area contributed by atoms with Crippen LogP contribution in [0, 0.1) is 6.92 Å². The number of furan rings is 1. The Kier molecular flexibility index (Phi) is 6.92. The summed E-state index contributed by atoms with van der Waals surface area (Å²) >= 11 is 0. The first-order chi connectivity index (χ1) is 14.4. The maximum atomic E-state index is 12.8. The lowest BCUT2D eigenvalue weighted by atomic mass is 9.99. The second-order valence-corrected chi connectivity index (χ2v) is 7.60. The van der Waals surface area contributed by atoms with Crippen molar-refractivity contribution in [2.75, 3.05) is 11.9 Å². The van der Waals surface area contributed by atoms with Gasteiger partial charge < -0.3 is 19.4 Å². The molecule has 1 aliphatic heterocycles. The SMILES string of the molecule is CC[C@H]1CCCCN1C(=O)[C@@H](C)OC(=O)c1ccc(C)c(NC(=O)c2ccco2)c1. The van der Waals surface area contributed by atoms with E-state index in [0.29, 0.717) is 12.2 Å². The van der Waals surface area contributed by atoms with Crippen molar-refractivity contribution in [1.29, 1.82) is 0 Å². The van der Waals surface area contributed by atoms with Gasteiger partial charge in [-0.05, 0) is 69.4 Å². The molecule has 30 heavy (non-hydrogen) atoms. The Hall–Kier alpha value is -3.09. The van der Waals surface area contributed by atoms with Crippen molar-refractivity contribution in [3.05, 3.63) is 53.5 Å². The first-order valence-corrected chi connectivity index (χ1v) is 10.4. The van der Waals surface area contributed by atoms with E-state index < -0.39 is 18.0 Å². The van der Waals surface area contributed by atoms with Crippen molar-refractivity contribution in [3.8, 4) is 0 Å². The minimum absolute atomic E-state index is 0.159. The number of aryl methyl sites for hydroxylation is 1. The van der Waals surface area contributed by atoms with Crippen molar-refractivity contribution < 1.29 is 23.5 Å². The summed E-state index contributed by atoms with van der Waals surface area (Å²) in [6.07, 6.45) is 4.51. The summed E-state index contributed by atoms with van der Waals surface area (Å²) in [5.74, 6) is -0.996. The zero-order chi connectivity index (χ0) is 21.7. The maximum absolute atomic E-state index is 12.8. The molecule has 1 aromatic heterocycles. The highest BCUT2D eigenvalue weighted by atomic mass is 16.5. The molecule has 0 unspecified atom stereocenters. The first kappa shape index (κ1) is 21.6. The molecule has 3 rings (SSSR count). The molecule has 0 aliphatic carbocycles.